The first-order valence-electron chi connectivity index (χ1n) is 15.4. The van der Waals surface area contributed by atoms with Crippen LogP contribution in [0.4, 0.5) is 25.0 Å². The van der Waals surface area contributed by atoms with E-state index in [1.165, 1.54) is 13.2 Å². The number of ether oxygens (including phenoxy) is 2. The second-order valence-electron chi connectivity index (χ2n) is 11.9. The molecule has 13 heteroatoms. The number of hydrogen-bond donors (Lipinski definition) is 3. The normalized spacial score (nSPS) is 18.5. The number of anilines is 2. The predicted molar refractivity (Wildman–Crippen MR) is 176 cm³/mol. The van der Waals surface area contributed by atoms with E-state index in [2.05, 4.69) is 31.5 Å². The summed E-state index contributed by atoms with van der Waals surface area (Å²) in [5.74, 6) is -2.03. The van der Waals surface area contributed by atoms with E-state index >= 15 is 0 Å². The minimum absolute atomic E-state index is 0.0502. The monoisotopic (exact) mass is 714 g/mol. The van der Waals surface area contributed by atoms with Gasteiger partial charge in [-0.15, -0.1) is 0 Å². The number of rotatable bonds is 11. The molecule has 3 amide bonds. The maximum atomic E-state index is 14.4. The number of benzene rings is 3. The van der Waals surface area contributed by atoms with Gasteiger partial charge in [0.2, 0.25) is 5.91 Å². The van der Waals surface area contributed by atoms with Crippen molar-refractivity contribution in [3.63, 3.8) is 0 Å². The van der Waals surface area contributed by atoms with Gasteiger partial charge in [0.25, 0.3) is 0 Å². The first-order valence-corrected chi connectivity index (χ1v) is 16.2. The van der Waals surface area contributed by atoms with Crippen LogP contribution in [0.5, 0.6) is 11.5 Å². The van der Waals surface area contributed by atoms with Crippen molar-refractivity contribution < 1.29 is 37.7 Å². The Morgan fingerprint density at radius 2 is 1.72 bits per heavy atom. The fourth-order valence-electron chi connectivity index (χ4n) is 6.17. The first-order chi connectivity index (χ1) is 22.6. The standard InChI is InChI=1S/C34H37BrF2N4O6/c1-46-31-14-22(6-8-29(31)39-34(45)38-28-5-3-2-4-26(28)35)15-32(42)41-20-25(47-30-9-7-23(36)17-27(30)37)18-24(41)19-40-12-10-21(11-13-40)16-33(43)44/h2-9,14,17,21,24-25H,10-13,15-16,18-20H2,1H3,(H,43,44)(H2,38,39,45)/t24?,25-/m0/s1. The summed E-state index contributed by atoms with van der Waals surface area (Å²) in [7, 11) is 1.48. The number of carbonyl (C=O) groups is 3. The minimum Gasteiger partial charge on any atom is -0.495 e. The molecule has 0 aromatic heterocycles. The Morgan fingerprint density at radius 3 is 2.43 bits per heavy atom. The third-order valence-corrected chi connectivity index (χ3v) is 9.21. The fourth-order valence-corrected chi connectivity index (χ4v) is 6.55. The summed E-state index contributed by atoms with van der Waals surface area (Å²) >= 11 is 3.40. The largest absolute Gasteiger partial charge is 0.495 e. The summed E-state index contributed by atoms with van der Waals surface area (Å²) in [5.41, 5.74) is 1.69. The predicted octanol–water partition coefficient (Wildman–Crippen LogP) is 6.16. The molecule has 2 aliphatic rings. The number of carboxylic acid groups (broad SMARTS) is 1. The minimum atomic E-state index is -0.808. The van der Waals surface area contributed by atoms with Crippen molar-refractivity contribution in [1.29, 1.82) is 0 Å². The molecule has 2 heterocycles. The molecule has 1 unspecified atom stereocenters. The maximum absolute atomic E-state index is 14.4. The average molecular weight is 716 g/mol. The molecule has 2 saturated heterocycles. The quantitative estimate of drug-likeness (QED) is 0.218. The van der Waals surface area contributed by atoms with Crippen LogP contribution in [-0.2, 0) is 16.0 Å². The Kier molecular flexibility index (Phi) is 11.3. The van der Waals surface area contributed by atoms with Crippen LogP contribution in [0.2, 0.25) is 0 Å². The highest BCUT2D eigenvalue weighted by molar-refractivity contribution is 9.10. The van der Waals surface area contributed by atoms with E-state index in [0.29, 0.717) is 35.7 Å². The molecule has 0 bridgehead atoms. The lowest BCUT2D eigenvalue weighted by molar-refractivity contribution is -0.138. The zero-order valence-corrected chi connectivity index (χ0v) is 27.5. The van der Waals surface area contributed by atoms with Crippen LogP contribution >= 0.6 is 15.9 Å². The first kappa shape index (κ1) is 34.1. The molecular formula is C34H37BrF2N4O6. The summed E-state index contributed by atoms with van der Waals surface area (Å²) in [5, 5.41) is 14.7. The number of methoxy groups -OCH3 is 1. The number of aliphatic carboxylic acids is 1. The van der Waals surface area contributed by atoms with Crippen LogP contribution in [-0.4, -0.2) is 78.2 Å². The van der Waals surface area contributed by atoms with E-state index in [0.717, 1.165) is 42.5 Å². The van der Waals surface area contributed by atoms with E-state index in [1.54, 1.807) is 35.2 Å². The third kappa shape index (κ3) is 9.19. The molecule has 3 aromatic carbocycles. The number of nitrogens with zero attached hydrogens (tertiary/aromatic N) is 2. The van der Waals surface area contributed by atoms with Gasteiger partial charge in [0.15, 0.2) is 11.6 Å². The van der Waals surface area contributed by atoms with E-state index in [1.807, 2.05) is 12.1 Å². The van der Waals surface area contributed by atoms with Crippen LogP contribution in [0.15, 0.2) is 65.1 Å². The Bertz CT molecular complexity index is 1600. The average Bonchev–Trinajstić information content (AvgIpc) is 3.43. The number of nitrogens with one attached hydrogen (secondary N) is 2. The van der Waals surface area contributed by atoms with Gasteiger partial charge in [-0.3, -0.25) is 9.59 Å². The van der Waals surface area contributed by atoms with Gasteiger partial charge in [-0.2, -0.15) is 0 Å². The van der Waals surface area contributed by atoms with Gasteiger partial charge in [0.05, 0.1) is 31.5 Å². The van der Waals surface area contributed by atoms with Crippen LogP contribution in [0.1, 0.15) is 31.2 Å². The molecule has 2 aliphatic heterocycles. The Balaban J connectivity index is 1.26. The lowest BCUT2D eigenvalue weighted by Crippen LogP contribution is -2.46. The Hall–Kier alpha value is -4.23. The number of amides is 3. The molecule has 0 radical (unpaired) electrons. The molecule has 3 aromatic rings. The highest BCUT2D eigenvalue weighted by Crippen LogP contribution is 2.31. The van der Waals surface area contributed by atoms with E-state index in [9.17, 15) is 23.2 Å². The van der Waals surface area contributed by atoms with Crippen LogP contribution in [0.3, 0.4) is 0 Å². The van der Waals surface area contributed by atoms with Gasteiger partial charge in [0.1, 0.15) is 17.7 Å². The highest BCUT2D eigenvalue weighted by Gasteiger charge is 2.38. The van der Waals surface area contributed by atoms with Crippen molar-refractivity contribution in [2.75, 3.05) is 43.9 Å². The summed E-state index contributed by atoms with van der Waals surface area (Å²) in [6, 6.07) is 14.8. The van der Waals surface area contributed by atoms with Gasteiger partial charge in [-0.1, -0.05) is 18.2 Å². The van der Waals surface area contributed by atoms with E-state index in [-0.39, 0.29) is 43.0 Å². The number of urea groups is 1. The lowest BCUT2D eigenvalue weighted by Gasteiger charge is -2.35. The van der Waals surface area contributed by atoms with Crippen molar-refractivity contribution in [3.8, 4) is 11.5 Å². The number of carbonyl (C=O) groups excluding carboxylic acids is 2. The van der Waals surface area contributed by atoms with Gasteiger partial charge in [0, 0.05) is 36.0 Å². The highest BCUT2D eigenvalue weighted by atomic mass is 79.9. The molecule has 0 spiro atoms. The Morgan fingerprint density at radius 1 is 0.979 bits per heavy atom. The molecule has 2 fully saturated rings. The lowest BCUT2D eigenvalue weighted by atomic mass is 9.93. The van der Waals surface area contributed by atoms with E-state index < -0.39 is 29.7 Å². The molecule has 250 valence electrons. The summed E-state index contributed by atoms with van der Waals surface area (Å²) in [4.78, 5) is 41.6. The van der Waals surface area contributed by atoms with Crippen molar-refractivity contribution in [1.82, 2.24) is 9.80 Å². The molecule has 5 rings (SSSR count). The van der Waals surface area contributed by atoms with E-state index in [4.69, 9.17) is 14.6 Å². The summed E-state index contributed by atoms with van der Waals surface area (Å²) in [6.07, 6.45) is 1.67. The molecule has 47 heavy (non-hydrogen) atoms. The van der Waals surface area contributed by atoms with Crippen molar-refractivity contribution in [2.45, 2.75) is 44.2 Å². The maximum Gasteiger partial charge on any atom is 0.323 e. The zero-order chi connectivity index (χ0) is 33.5. The van der Waals surface area contributed by atoms with Gasteiger partial charge in [-0.25, -0.2) is 13.6 Å². The smallest absolute Gasteiger partial charge is 0.323 e. The Labute approximate surface area is 280 Å². The molecular weight excluding hydrogens is 678 g/mol. The van der Waals surface area contributed by atoms with Gasteiger partial charge < -0.3 is 35.0 Å². The molecule has 0 aliphatic carbocycles. The molecule has 3 N–H and O–H groups in total. The number of halogens is 3. The second-order valence-corrected chi connectivity index (χ2v) is 12.7. The molecule has 0 saturated carbocycles. The second kappa shape index (κ2) is 15.6. The summed E-state index contributed by atoms with van der Waals surface area (Å²) < 4.78 is 40.1. The van der Waals surface area contributed by atoms with Gasteiger partial charge in [-0.05, 0) is 89.7 Å². The van der Waals surface area contributed by atoms with Crippen molar-refractivity contribution in [2.24, 2.45) is 5.92 Å². The fraction of sp³-hybridized carbons (Fsp3) is 0.382. The van der Waals surface area contributed by atoms with Crippen molar-refractivity contribution >= 4 is 45.2 Å². The topological polar surface area (TPSA) is 120 Å². The number of para-hydroxylation sites is 1. The third-order valence-electron chi connectivity index (χ3n) is 8.51. The number of hydrogen-bond acceptors (Lipinski definition) is 6. The van der Waals surface area contributed by atoms with Gasteiger partial charge >= 0.3 is 12.0 Å². The zero-order valence-electron chi connectivity index (χ0n) is 25.9. The van der Waals surface area contributed by atoms with Crippen molar-refractivity contribution in [3.05, 3.63) is 82.3 Å². The SMILES string of the molecule is COc1cc(CC(=O)N2C[C@@H](Oc3ccc(F)cc3F)CC2CN2CCC(CC(=O)O)CC2)ccc1NC(=O)Nc1ccccc1Br. The number of carboxylic acids is 1. The summed E-state index contributed by atoms with van der Waals surface area (Å²) in [6.45, 7) is 2.22. The number of likely N-dealkylation sites (tertiary alicyclic amines) is 2. The van der Waals surface area contributed by atoms with Crippen LogP contribution in [0.25, 0.3) is 0 Å². The molecule has 2 atom stereocenters. The van der Waals surface area contributed by atoms with Crippen LogP contribution in [0, 0.1) is 17.6 Å². The molecule has 10 nitrogen and oxygen atoms in total. The number of piperidine rings is 1. The van der Waals surface area contributed by atoms with Crippen LogP contribution < -0.4 is 20.1 Å².